The predicted octanol–water partition coefficient (Wildman–Crippen LogP) is 1.41. The van der Waals surface area contributed by atoms with Crippen LogP contribution >= 0.6 is 0 Å². The Morgan fingerprint density at radius 2 is 1.91 bits per heavy atom. The summed E-state index contributed by atoms with van der Waals surface area (Å²) in [5, 5.41) is 6.80. The Morgan fingerprint density at radius 3 is 2.18 bits per heavy atom. The molecule has 0 radical (unpaired) electrons. The number of hydrogen-bond donors (Lipinski definition) is 1. The van der Waals surface area contributed by atoms with Crippen molar-refractivity contribution in [2.24, 2.45) is 0 Å². The van der Waals surface area contributed by atoms with E-state index in [4.69, 9.17) is 10.1 Å². The van der Waals surface area contributed by atoms with Gasteiger partial charge < -0.3 is 14.9 Å². The van der Waals surface area contributed by atoms with Crippen LogP contribution in [0.1, 0.15) is 26.7 Å². The first-order valence-corrected chi connectivity index (χ1v) is 3.98. The van der Waals surface area contributed by atoms with Gasteiger partial charge in [-0.2, -0.15) is 0 Å². The van der Waals surface area contributed by atoms with Gasteiger partial charge in [-0.05, 0) is 12.8 Å². The third-order valence-electron chi connectivity index (χ3n) is 1.42. The second kappa shape index (κ2) is 6.04. The largest absolute Gasteiger partial charge is 0.362 e. The van der Waals surface area contributed by atoms with E-state index in [1.165, 1.54) is 6.21 Å². The van der Waals surface area contributed by atoms with Crippen molar-refractivity contribution in [1.29, 1.82) is 5.41 Å². The van der Waals surface area contributed by atoms with Crippen molar-refractivity contribution < 1.29 is 9.53 Å². The summed E-state index contributed by atoms with van der Waals surface area (Å²) in [4.78, 5) is 10.1. The Bertz CT molecular complexity index is 111. The Morgan fingerprint density at radius 1 is 1.36 bits per heavy atom. The minimum absolute atomic E-state index is 0.111. The van der Waals surface area contributed by atoms with Crippen LogP contribution < -0.4 is 0 Å². The number of rotatable bonds is 2. The molecule has 0 aromatic heterocycles. The summed E-state index contributed by atoms with van der Waals surface area (Å²) in [6, 6.07) is 0. The van der Waals surface area contributed by atoms with Gasteiger partial charge in [-0.25, -0.2) is 0 Å². The zero-order valence-electron chi connectivity index (χ0n) is 7.04. The second-order valence-corrected chi connectivity index (χ2v) is 2.09. The maximum Gasteiger partial charge on any atom is 0.148 e. The molecule has 3 heteroatoms. The maximum atomic E-state index is 10.1. The van der Waals surface area contributed by atoms with Crippen LogP contribution in [-0.2, 0) is 9.53 Å². The molecule has 1 fully saturated rings. The molecule has 1 saturated heterocycles. The molecule has 64 valence electrons. The first-order chi connectivity index (χ1) is 5.36. The fourth-order valence-corrected chi connectivity index (χ4v) is 0.912. The minimum Gasteiger partial charge on any atom is -0.362 e. The molecule has 0 amide bonds. The quantitative estimate of drug-likeness (QED) is 0.486. The zero-order chi connectivity index (χ0) is 8.69. The molecule has 0 aromatic rings. The molecule has 2 atom stereocenters. The SMILES string of the molecule is CC.N=C[C@H]1CC[C@@H](C=O)O1. The van der Waals surface area contributed by atoms with Crippen LogP contribution in [0.5, 0.6) is 0 Å². The zero-order valence-corrected chi connectivity index (χ0v) is 7.04. The molecule has 0 unspecified atom stereocenters. The monoisotopic (exact) mass is 157 g/mol. The normalized spacial score (nSPS) is 28.5. The van der Waals surface area contributed by atoms with Crippen molar-refractivity contribution >= 4 is 12.5 Å². The van der Waals surface area contributed by atoms with Crippen molar-refractivity contribution in [3.05, 3.63) is 0 Å². The highest BCUT2D eigenvalue weighted by atomic mass is 16.5. The summed E-state index contributed by atoms with van der Waals surface area (Å²) in [5.41, 5.74) is 0. The van der Waals surface area contributed by atoms with Gasteiger partial charge in [0.1, 0.15) is 12.4 Å². The summed E-state index contributed by atoms with van der Waals surface area (Å²) in [5.74, 6) is 0. The number of carbonyl (C=O) groups excluding carboxylic acids is 1. The van der Waals surface area contributed by atoms with E-state index in [1.807, 2.05) is 13.8 Å². The van der Waals surface area contributed by atoms with E-state index in [1.54, 1.807) is 0 Å². The Labute approximate surface area is 67.3 Å². The highest BCUT2D eigenvalue weighted by molar-refractivity contribution is 5.63. The van der Waals surface area contributed by atoms with Crippen LogP contribution in [0.15, 0.2) is 0 Å². The van der Waals surface area contributed by atoms with Gasteiger partial charge in [-0.1, -0.05) is 13.8 Å². The molecule has 3 nitrogen and oxygen atoms in total. The van der Waals surface area contributed by atoms with Crippen LogP contribution in [0, 0.1) is 5.41 Å². The lowest BCUT2D eigenvalue weighted by Crippen LogP contribution is -2.11. The van der Waals surface area contributed by atoms with Crippen molar-refractivity contribution in [3.8, 4) is 0 Å². The lowest BCUT2D eigenvalue weighted by atomic mass is 10.2. The molecular formula is C8H15NO2. The first kappa shape index (κ1) is 10.3. The number of carbonyl (C=O) groups is 1. The molecule has 1 aliphatic rings. The van der Waals surface area contributed by atoms with Crippen LogP contribution in [0.25, 0.3) is 0 Å². The molecule has 0 aromatic carbocycles. The second-order valence-electron chi connectivity index (χ2n) is 2.09. The average molecular weight is 157 g/mol. The van der Waals surface area contributed by atoms with Gasteiger partial charge in [0.25, 0.3) is 0 Å². The van der Waals surface area contributed by atoms with Crippen molar-refractivity contribution in [2.75, 3.05) is 0 Å². The smallest absolute Gasteiger partial charge is 0.148 e. The molecule has 1 rings (SSSR count). The van der Waals surface area contributed by atoms with Crippen molar-refractivity contribution in [3.63, 3.8) is 0 Å². The topological polar surface area (TPSA) is 50.2 Å². The fraction of sp³-hybridized carbons (Fsp3) is 0.750. The predicted molar refractivity (Wildman–Crippen MR) is 44.1 cm³/mol. The standard InChI is InChI=1S/C6H9NO2.C2H6/c7-3-5-1-2-6(4-8)9-5;1-2/h3-7H,1-2H2;1-2H3/t5-,6+;/m1./s1. The number of aldehydes is 1. The summed E-state index contributed by atoms with van der Waals surface area (Å²) < 4.78 is 5.05. The average Bonchev–Trinajstić information content (AvgIpc) is 2.55. The fourth-order valence-electron chi connectivity index (χ4n) is 0.912. The van der Waals surface area contributed by atoms with Crippen molar-refractivity contribution in [2.45, 2.75) is 38.9 Å². The molecule has 0 bridgehead atoms. The molecule has 1 N–H and O–H groups in total. The van der Waals surface area contributed by atoms with Gasteiger partial charge in [0, 0.05) is 6.21 Å². The Balaban J connectivity index is 0.000000461. The van der Waals surface area contributed by atoms with E-state index in [0.29, 0.717) is 0 Å². The van der Waals surface area contributed by atoms with E-state index in [9.17, 15) is 4.79 Å². The van der Waals surface area contributed by atoms with E-state index in [2.05, 4.69) is 0 Å². The minimum atomic E-state index is -0.253. The van der Waals surface area contributed by atoms with Gasteiger partial charge in [0.15, 0.2) is 0 Å². The lowest BCUT2D eigenvalue weighted by Gasteiger charge is -2.01. The number of ether oxygens (including phenoxy) is 1. The van der Waals surface area contributed by atoms with Crippen molar-refractivity contribution in [1.82, 2.24) is 0 Å². The summed E-state index contributed by atoms with van der Waals surface area (Å²) in [6.45, 7) is 4.00. The summed E-state index contributed by atoms with van der Waals surface area (Å²) >= 11 is 0. The third kappa shape index (κ3) is 3.28. The van der Waals surface area contributed by atoms with Gasteiger partial charge in [0.2, 0.25) is 0 Å². The molecule has 11 heavy (non-hydrogen) atoms. The molecule has 0 spiro atoms. The van der Waals surface area contributed by atoms with E-state index in [0.717, 1.165) is 19.1 Å². The lowest BCUT2D eigenvalue weighted by molar-refractivity contribution is -0.116. The van der Waals surface area contributed by atoms with Gasteiger partial charge in [-0.3, -0.25) is 0 Å². The molecule has 1 aliphatic heterocycles. The molecule has 1 heterocycles. The Hall–Kier alpha value is -0.700. The number of hydrogen-bond acceptors (Lipinski definition) is 3. The van der Waals surface area contributed by atoms with E-state index >= 15 is 0 Å². The highest BCUT2D eigenvalue weighted by Gasteiger charge is 2.22. The molecule has 0 aliphatic carbocycles. The highest BCUT2D eigenvalue weighted by Crippen LogP contribution is 2.15. The van der Waals surface area contributed by atoms with Gasteiger partial charge in [-0.15, -0.1) is 0 Å². The summed E-state index contributed by atoms with van der Waals surface area (Å²) in [6.07, 6.45) is 3.25. The first-order valence-electron chi connectivity index (χ1n) is 3.98. The van der Waals surface area contributed by atoms with Gasteiger partial charge >= 0.3 is 0 Å². The maximum absolute atomic E-state index is 10.1. The van der Waals surface area contributed by atoms with Crippen LogP contribution in [0.2, 0.25) is 0 Å². The molecule has 0 saturated carbocycles. The van der Waals surface area contributed by atoms with E-state index < -0.39 is 0 Å². The van der Waals surface area contributed by atoms with Gasteiger partial charge in [0.05, 0.1) is 6.10 Å². The molecular weight excluding hydrogens is 142 g/mol. The Kier molecular flexibility index (Phi) is 5.65. The third-order valence-corrected chi connectivity index (χ3v) is 1.42. The summed E-state index contributed by atoms with van der Waals surface area (Å²) in [7, 11) is 0. The number of nitrogens with one attached hydrogen (secondary N) is 1. The van der Waals surface area contributed by atoms with Crippen LogP contribution in [0.4, 0.5) is 0 Å². The van der Waals surface area contributed by atoms with Crippen LogP contribution in [0.3, 0.4) is 0 Å². The van der Waals surface area contributed by atoms with Crippen LogP contribution in [-0.4, -0.2) is 24.7 Å². The van der Waals surface area contributed by atoms with E-state index in [-0.39, 0.29) is 12.2 Å².